The van der Waals surface area contributed by atoms with Gasteiger partial charge in [-0.05, 0) is 56.0 Å². The minimum absolute atomic E-state index is 0.445. The van der Waals surface area contributed by atoms with Crippen molar-refractivity contribution in [3.05, 3.63) is 54.0 Å². The van der Waals surface area contributed by atoms with Gasteiger partial charge in [0, 0.05) is 18.2 Å². The summed E-state index contributed by atoms with van der Waals surface area (Å²) in [7, 11) is 0. The molecule has 21 heavy (non-hydrogen) atoms. The second-order valence-corrected chi connectivity index (χ2v) is 5.82. The second-order valence-electron chi connectivity index (χ2n) is 5.82. The fourth-order valence-electron chi connectivity index (χ4n) is 2.52. The van der Waals surface area contributed by atoms with E-state index < -0.39 is 0 Å². The molecule has 1 unspecified atom stereocenters. The van der Waals surface area contributed by atoms with E-state index in [1.807, 2.05) is 12.1 Å². The zero-order valence-electron chi connectivity index (χ0n) is 13.3. The van der Waals surface area contributed by atoms with E-state index in [4.69, 9.17) is 4.42 Å². The molecule has 1 aromatic heterocycles. The fourth-order valence-corrected chi connectivity index (χ4v) is 2.52. The average molecular weight is 285 g/mol. The van der Waals surface area contributed by atoms with E-state index in [0.29, 0.717) is 6.04 Å². The molecule has 0 aliphatic rings. The summed E-state index contributed by atoms with van der Waals surface area (Å²) in [5, 5.41) is 3.56. The lowest BCUT2D eigenvalue weighted by Crippen LogP contribution is -2.15. The van der Waals surface area contributed by atoms with Gasteiger partial charge >= 0.3 is 0 Å². The second kappa shape index (κ2) is 8.56. The van der Waals surface area contributed by atoms with E-state index in [1.54, 1.807) is 6.26 Å². The maximum atomic E-state index is 5.37. The summed E-state index contributed by atoms with van der Waals surface area (Å²) in [6.07, 6.45) is 8.90. The average Bonchev–Trinajstić information content (AvgIpc) is 3.01. The first-order valence-corrected chi connectivity index (χ1v) is 8.16. The Hall–Kier alpha value is -1.70. The molecule has 2 nitrogen and oxygen atoms in total. The molecule has 1 atom stereocenters. The molecule has 0 spiro atoms. The highest BCUT2D eigenvalue weighted by Gasteiger charge is 2.04. The zero-order valence-corrected chi connectivity index (χ0v) is 13.3. The predicted molar refractivity (Wildman–Crippen MR) is 89.8 cm³/mol. The van der Waals surface area contributed by atoms with Crippen molar-refractivity contribution in [3.8, 4) is 0 Å². The van der Waals surface area contributed by atoms with Crippen LogP contribution in [0.4, 0.5) is 5.69 Å². The third-order valence-corrected chi connectivity index (χ3v) is 3.84. The molecule has 1 N–H and O–H groups in total. The van der Waals surface area contributed by atoms with E-state index >= 15 is 0 Å². The van der Waals surface area contributed by atoms with Crippen molar-refractivity contribution in [1.29, 1.82) is 0 Å². The van der Waals surface area contributed by atoms with Gasteiger partial charge in [-0.15, -0.1) is 0 Å². The van der Waals surface area contributed by atoms with E-state index in [9.17, 15) is 0 Å². The van der Waals surface area contributed by atoms with Gasteiger partial charge in [0.1, 0.15) is 5.76 Å². The van der Waals surface area contributed by atoms with Crippen molar-refractivity contribution >= 4 is 5.69 Å². The van der Waals surface area contributed by atoms with Crippen molar-refractivity contribution in [3.63, 3.8) is 0 Å². The number of aryl methyl sites for hydroxylation is 2. The van der Waals surface area contributed by atoms with Crippen molar-refractivity contribution in [2.45, 2.75) is 58.4 Å². The van der Waals surface area contributed by atoms with E-state index in [2.05, 4.69) is 43.4 Å². The van der Waals surface area contributed by atoms with Crippen LogP contribution in [0.1, 0.15) is 50.9 Å². The Kier molecular flexibility index (Phi) is 6.39. The van der Waals surface area contributed by atoms with Gasteiger partial charge in [-0.2, -0.15) is 0 Å². The van der Waals surface area contributed by atoms with Crippen LogP contribution in [0.2, 0.25) is 0 Å². The zero-order chi connectivity index (χ0) is 14.9. The molecule has 0 aliphatic heterocycles. The molecule has 0 saturated carbocycles. The number of anilines is 1. The van der Waals surface area contributed by atoms with Crippen molar-refractivity contribution in [1.82, 2.24) is 0 Å². The quantitative estimate of drug-likeness (QED) is 0.620. The summed E-state index contributed by atoms with van der Waals surface area (Å²) in [4.78, 5) is 0. The lowest BCUT2D eigenvalue weighted by molar-refractivity contribution is 0.495. The van der Waals surface area contributed by atoms with Gasteiger partial charge in [-0.3, -0.25) is 0 Å². The summed E-state index contributed by atoms with van der Waals surface area (Å²) in [6.45, 7) is 4.47. The van der Waals surface area contributed by atoms with E-state index in [0.717, 1.165) is 18.6 Å². The topological polar surface area (TPSA) is 25.2 Å². The van der Waals surface area contributed by atoms with E-state index in [1.165, 1.54) is 36.9 Å². The maximum Gasteiger partial charge on any atom is 0.103 e. The first-order valence-electron chi connectivity index (χ1n) is 8.16. The van der Waals surface area contributed by atoms with Crippen LogP contribution < -0.4 is 5.32 Å². The molecule has 1 heterocycles. The Balaban J connectivity index is 1.74. The summed E-state index contributed by atoms with van der Waals surface area (Å²) in [5.74, 6) is 1.06. The van der Waals surface area contributed by atoms with Crippen LogP contribution in [0.3, 0.4) is 0 Å². The Morgan fingerprint density at radius 2 is 1.86 bits per heavy atom. The number of rotatable bonds is 9. The molecule has 2 rings (SSSR count). The molecule has 0 bridgehead atoms. The molecule has 0 aliphatic carbocycles. The minimum atomic E-state index is 0.445. The van der Waals surface area contributed by atoms with Crippen LogP contribution >= 0.6 is 0 Å². The largest absolute Gasteiger partial charge is 0.469 e. The number of unbranched alkanes of at least 4 members (excludes halogenated alkanes) is 2. The fraction of sp³-hybridized carbons (Fsp3) is 0.474. The maximum absolute atomic E-state index is 5.37. The SMILES string of the molecule is CCCCCc1ccc(NC(C)CCc2ccco2)cc1. The standard InChI is InChI=1S/C19H27NO/c1-3-4-5-7-17-10-12-18(13-11-17)20-16(2)9-14-19-8-6-15-21-19/h6,8,10-13,15-16,20H,3-5,7,9,14H2,1-2H3. The highest BCUT2D eigenvalue weighted by Crippen LogP contribution is 2.15. The number of hydrogen-bond acceptors (Lipinski definition) is 2. The normalized spacial score (nSPS) is 12.3. The number of benzene rings is 1. The lowest BCUT2D eigenvalue weighted by Gasteiger charge is -2.15. The number of nitrogens with one attached hydrogen (secondary N) is 1. The highest BCUT2D eigenvalue weighted by molar-refractivity contribution is 5.45. The third kappa shape index (κ3) is 5.66. The van der Waals surface area contributed by atoms with Crippen molar-refractivity contribution in [2.75, 3.05) is 5.32 Å². The van der Waals surface area contributed by atoms with Gasteiger partial charge in [-0.25, -0.2) is 0 Å². The van der Waals surface area contributed by atoms with Crippen LogP contribution in [0.25, 0.3) is 0 Å². The summed E-state index contributed by atoms with van der Waals surface area (Å²) < 4.78 is 5.37. The minimum Gasteiger partial charge on any atom is -0.469 e. The molecule has 2 aromatic rings. The molecule has 2 heteroatoms. The number of furan rings is 1. The molecule has 1 aromatic carbocycles. The van der Waals surface area contributed by atoms with Gasteiger partial charge in [0.15, 0.2) is 0 Å². The molecule has 0 amide bonds. The Bertz CT molecular complexity index is 487. The Morgan fingerprint density at radius 3 is 2.52 bits per heavy atom. The molecule has 0 radical (unpaired) electrons. The van der Waals surface area contributed by atoms with E-state index in [-0.39, 0.29) is 0 Å². The lowest BCUT2D eigenvalue weighted by atomic mass is 10.1. The Labute approximate surface area is 128 Å². The third-order valence-electron chi connectivity index (χ3n) is 3.84. The van der Waals surface area contributed by atoms with Gasteiger partial charge < -0.3 is 9.73 Å². The summed E-state index contributed by atoms with van der Waals surface area (Å²) in [6, 6.07) is 13.3. The molecular formula is C19H27NO. The Morgan fingerprint density at radius 1 is 1.05 bits per heavy atom. The smallest absolute Gasteiger partial charge is 0.103 e. The van der Waals surface area contributed by atoms with Gasteiger partial charge in [0.05, 0.1) is 6.26 Å². The van der Waals surface area contributed by atoms with Gasteiger partial charge in [0.25, 0.3) is 0 Å². The van der Waals surface area contributed by atoms with Crippen LogP contribution in [0.5, 0.6) is 0 Å². The van der Waals surface area contributed by atoms with Crippen LogP contribution in [-0.4, -0.2) is 6.04 Å². The van der Waals surface area contributed by atoms with Crippen LogP contribution in [0, 0.1) is 0 Å². The van der Waals surface area contributed by atoms with Crippen LogP contribution in [0.15, 0.2) is 47.1 Å². The van der Waals surface area contributed by atoms with Crippen molar-refractivity contribution < 1.29 is 4.42 Å². The van der Waals surface area contributed by atoms with Crippen molar-refractivity contribution in [2.24, 2.45) is 0 Å². The number of hydrogen-bond donors (Lipinski definition) is 1. The molecule has 0 fully saturated rings. The van der Waals surface area contributed by atoms with Gasteiger partial charge in [0.2, 0.25) is 0 Å². The molecule has 0 saturated heterocycles. The molecular weight excluding hydrogens is 258 g/mol. The van der Waals surface area contributed by atoms with Crippen LogP contribution in [-0.2, 0) is 12.8 Å². The highest BCUT2D eigenvalue weighted by atomic mass is 16.3. The first-order chi connectivity index (χ1) is 10.3. The first kappa shape index (κ1) is 15.7. The van der Waals surface area contributed by atoms with Gasteiger partial charge in [-0.1, -0.05) is 31.9 Å². The summed E-state index contributed by atoms with van der Waals surface area (Å²) >= 11 is 0. The summed E-state index contributed by atoms with van der Waals surface area (Å²) in [5.41, 5.74) is 2.65. The predicted octanol–water partition coefficient (Wildman–Crippen LogP) is 5.45. The molecule has 114 valence electrons. The monoisotopic (exact) mass is 285 g/mol.